The van der Waals surface area contributed by atoms with Gasteiger partial charge in [-0.25, -0.2) is 0 Å². The van der Waals surface area contributed by atoms with Crippen LogP contribution in [0.1, 0.15) is 68.2 Å². The lowest BCUT2D eigenvalue weighted by atomic mass is 9.87. The predicted molar refractivity (Wildman–Crippen MR) is 108 cm³/mol. The van der Waals surface area contributed by atoms with Gasteiger partial charge in [0.15, 0.2) is 0 Å². The molecule has 2 aromatic carbocycles. The molecule has 2 heteroatoms. The topological polar surface area (TPSA) is 12.0 Å². The number of anilines is 1. The number of benzene rings is 2. The molecule has 1 N–H and O–H groups in total. The number of rotatable bonds is 7. The third-order valence-electron chi connectivity index (χ3n) is 5.04. The summed E-state index contributed by atoms with van der Waals surface area (Å²) in [6, 6.07) is 16.1. The third-order valence-corrected chi connectivity index (χ3v) is 5.74. The van der Waals surface area contributed by atoms with Crippen molar-refractivity contribution in [3.8, 4) is 0 Å². The lowest BCUT2D eigenvalue weighted by Crippen LogP contribution is -2.18. The Hall–Kier alpha value is -1.28. The van der Waals surface area contributed by atoms with Gasteiger partial charge in [-0.2, -0.15) is 0 Å². The summed E-state index contributed by atoms with van der Waals surface area (Å²) in [4.78, 5) is 0. The molecule has 0 saturated heterocycles. The molecule has 2 aromatic rings. The van der Waals surface area contributed by atoms with E-state index in [-0.39, 0.29) is 0 Å². The van der Waals surface area contributed by atoms with Crippen molar-refractivity contribution in [2.24, 2.45) is 0 Å². The number of nitrogens with one attached hydrogen (secondary N) is 1. The highest BCUT2D eigenvalue weighted by Gasteiger charge is 2.22. The van der Waals surface area contributed by atoms with E-state index in [1.165, 1.54) is 78.2 Å². The Bertz CT molecular complexity index is 648. The summed E-state index contributed by atoms with van der Waals surface area (Å²) >= 11 is 3.75. The third kappa shape index (κ3) is 4.42. The van der Waals surface area contributed by atoms with E-state index in [2.05, 4.69) is 70.6 Å². The van der Waals surface area contributed by atoms with Gasteiger partial charge in [0.1, 0.15) is 0 Å². The molecule has 0 spiro atoms. The summed E-state index contributed by atoms with van der Waals surface area (Å²) < 4.78 is 1.24. The summed E-state index contributed by atoms with van der Waals surface area (Å²) in [6.45, 7) is 2.27. The summed E-state index contributed by atoms with van der Waals surface area (Å²) in [5.74, 6) is 0. The zero-order valence-electron chi connectivity index (χ0n) is 14.7. The molecule has 0 heterocycles. The molecule has 1 atom stereocenters. The molecule has 128 valence electrons. The first-order chi connectivity index (χ1) is 11.8. The van der Waals surface area contributed by atoms with Crippen molar-refractivity contribution >= 4 is 21.6 Å². The molecule has 0 aromatic heterocycles. The Kier molecular flexibility index (Phi) is 6.37. The molecule has 1 unspecified atom stereocenters. The average Bonchev–Trinajstić information content (AvgIpc) is 2.60. The molecule has 0 aliphatic heterocycles. The van der Waals surface area contributed by atoms with Crippen LogP contribution in [0.3, 0.4) is 0 Å². The van der Waals surface area contributed by atoms with Gasteiger partial charge in [0.2, 0.25) is 0 Å². The quantitative estimate of drug-likeness (QED) is 0.502. The maximum Gasteiger partial charge on any atom is 0.0527 e. The Morgan fingerprint density at radius 2 is 1.88 bits per heavy atom. The van der Waals surface area contributed by atoms with E-state index in [1.807, 2.05) is 0 Å². The van der Waals surface area contributed by atoms with Crippen molar-refractivity contribution in [3.63, 3.8) is 0 Å². The first-order valence-electron chi connectivity index (χ1n) is 9.40. The molecular weight excluding hydrogens is 358 g/mol. The minimum absolute atomic E-state index is 0.416. The summed E-state index contributed by atoms with van der Waals surface area (Å²) in [5.41, 5.74) is 5.64. The fourth-order valence-corrected chi connectivity index (χ4v) is 4.38. The highest BCUT2D eigenvalue weighted by Crippen LogP contribution is 2.37. The van der Waals surface area contributed by atoms with Gasteiger partial charge in [-0.15, -0.1) is 0 Å². The SMILES string of the molecule is CCCCCCc1ccc(NC2CCCc3cccc(Br)c32)cc1. The molecule has 1 aliphatic carbocycles. The van der Waals surface area contributed by atoms with E-state index >= 15 is 0 Å². The zero-order chi connectivity index (χ0) is 16.8. The van der Waals surface area contributed by atoms with Gasteiger partial charge in [0.25, 0.3) is 0 Å². The number of halogens is 1. The van der Waals surface area contributed by atoms with Gasteiger partial charge in [0.05, 0.1) is 6.04 Å². The highest BCUT2D eigenvalue weighted by atomic mass is 79.9. The molecule has 0 bridgehead atoms. The van der Waals surface area contributed by atoms with Crippen LogP contribution in [0.2, 0.25) is 0 Å². The summed E-state index contributed by atoms with van der Waals surface area (Å²) in [7, 11) is 0. The molecular formula is C22H28BrN. The van der Waals surface area contributed by atoms with E-state index < -0.39 is 0 Å². The number of unbranched alkanes of at least 4 members (excludes halogenated alkanes) is 3. The molecule has 3 rings (SSSR count). The van der Waals surface area contributed by atoms with Crippen molar-refractivity contribution in [1.82, 2.24) is 0 Å². The van der Waals surface area contributed by atoms with Crippen LogP contribution in [0, 0.1) is 0 Å². The van der Waals surface area contributed by atoms with Gasteiger partial charge in [-0.1, -0.05) is 66.4 Å². The lowest BCUT2D eigenvalue weighted by Gasteiger charge is -2.28. The Balaban J connectivity index is 1.63. The predicted octanol–water partition coefficient (Wildman–Crippen LogP) is 7.06. The smallest absolute Gasteiger partial charge is 0.0527 e. The second-order valence-electron chi connectivity index (χ2n) is 6.91. The molecule has 0 saturated carbocycles. The molecule has 0 amide bonds. The molecule has 24 heavy (non-hydrogen) atoms. The largest absolute Gasteiger partial charge is 0.378 e. The summed E-state index contributed by atoms with van der Waals surface area (Å²) in [6.07, 6.45) is 10.2. The monoisotopic (exact) mass is 385 g/mol. The second kappa shape index (κ2) is 8.71. The maximum absolute atomic E-state index is 3.75. The molecule has 1 nitrogen and oxygen atoms in total. The van der Waals surface area contributed by atoms with Gasteiger partial charge in [-0.3, -0.25) is 0 Å². The minimum Gasteiger partial charge on any atom is -0.378 e. The van der Waals surface area contributed by atoms with Gasteiger partial charge in [0, 0.05) is 10.2 Å². The minimum atomic E-state index is 0.416. The number of aryl methyl sites for hydroxylation is 2. The Labute approximate surface area is 155 Å². The van der Waals surface area contributed by atoms with Crippen LogP contribution < -0.4 is 5.32 Å². The van der Waals surface area contributed by atoms with Crippen molar-refractivity contribution < 1.29 is 0 Å². The van der Waals surface area contributed by atoms with E-state index in [4.69, 9.17) is 0 Å². The normalized spacial score (nSPS) is 16.7. The van der Waals surface area contributed by atoms with Crippen LogP contribution in [0.15, 0.2) is 46.9 Å². The van der Waals surface area contributed by atoms with Crippen molar-refractivity contribution in [3.05, 3.63) is 63.6 Å². The van der Waals surface area contributed by atoms with Gasteiger partial charge in [-0.05, 0) is 67.0 Å². The Morgan fingerprint density at radius 1 is 1.04 bits per heavy atom. The van der Waals surface area contributed by atoms with Crippen LogP contribution in [0.5, 0.6) is 0 Å². The molecule has 0 radical (unpaired) electrons. The van der Waals surface area contributed by atoms with E-state index in [1.54, 1.807) is 0 Å². The van der Waals surface area contributed by atoms with Crippen LogP contribution in [0.25, 0.3) is 0 Å². The molecule has 0 fully saturated rings. The van der Waals surface area contributed by atoms with Gasteiger partial charge < -0.3 is 5.32 Å². The lowest BCUT2D eigenvalue weighted by molar-refractivity contribution is 0.598. The van der Waals surface area contributed by atoms with E-state index in [0.29, 0.717) is 6.04 Å². The van der Waals surface area contributed by atoms with Crippen LogP contribution >= 0.6 is 15.9 Å². The van der Waals surface area contributed by atoms with Crippen molar-refractivity contribution in [2.75, 3.05) is 5.32 Å². The fourth-order valence-electron chi connectivity index (χ4n) is 3.70. The average molecular weight is 386 g/mol. The standard InChI is InChI=1S/C22H28BrN/c1-2-3-4-5-8-17-13-15-19(16-14-17)24-21-12-7-10-18-9-6-11-20(23)22(18)21/h6,9,11,13-16,21,24H,2-5,7-8,10,12H2,1H3. The Morgan fingerprint density at radius 3 is 2.67 bits per heavy atom. The zero-order valence-corrected chi connectivity index (χ0v) is 16.2. The highest BCUT2D eigenvalue weighted by molar-refractivity contribution is 9.10. The van der Waals surface area contributed by atoms with Crippen LogP contribution in [-0.4, -0.2) is 0 Å². The maximum atomic E-state index is 3.75. The number of hydrogen-bond donors (Lipinski definition) is 1. The summed E-state index contributed by atoms with van der Waals surface area (Å²) in [5, 5.41) is 3.75. The van der Waals surface area contributed by atoms with Crippen LogP contribution in [-0.2, 0) is 12.8 Å². The van der Waals surface area contributed by atoms with Crippen LogP contribution in [0.4, 0.5) is 5.69 Å². The second-order valence-corrected chi connectivity index (χ2v) is 7.76. The van der Waals surface area contributed by atoms with Crippen molar-refractivity contribution in [1.29, 1.82) is 0 Å². The van der Waals surface area contributed by atoms with E-state index in [9.17, 15) is 0 Å². The number of hydrogen-bond acceptors (Lipinski definition) is 1. The first-order valence-corrected chi connectivity index (χ1v) is 10.2. The number of fused-ring (bicyclic) bond motifs is 1. The van der Waals surface area contributed by atoms with E-state index in [0.717, 1.165) is 0 Å². The van der Waals surface area contributed by atoms with Crippen molar-refractivity contribution in [2.45, 2.75) is 64.3 Å². The van der Waals surface area contributed by atoms with Gasteiger partial charge >= 0.3 is 0 Å². The molecule has 1 aliphatic rings. The first kappa shape index (κ1) is 17.5. The fraction of sp³-hybridized carbons (Fsp3) is 0.455.